The highest BCUT2D eigenvalue weighted by Crippen LogP contribution is 2.20. The van der Waals surface area contributed by atoms with E-state index in [0.717, 1.165) is 35.3 Å². The molecule has 0 atom stereocenters. The summed E-state index contributed by atoms with van der Waals surface area (Å²) in [7, 11) is 1.87. The van der Waals surface area contributed by atoms with E-state index in [2.05, 4.69) is 38.2 Å². The molecule has 110 valence electrons. The summed E-state index contributed by atoms with van der Waals surface area (Å²) < 4.78 is 10.2. The van der Waals surface area contributed by atoms with Crippen LogP contribution in [0.4, 0.5) is 0 Å². The van der Waals surface area contributed by atoms with E-state index in [4.69, 9.17) is 11.6 Å². The van der Waals surface area contributed by atoms with Gasteiger partial charge in [0.2, 0.25) is 0 Å². The third-order valence-electron chi connectivity index (χ3n) is 3.44. The predicted octanol–water partition coefficient (Wildman–Crippen LogP) is 2.93. The zero-order valence-corrected chi connectivity index (χ0v) is 13.5. The van der Waals surface area contributed by atoms with Crippen LogP contribution in [0.1, 0.15) is 23.7 Å². The van der Waals surface area contributed by atoms with Crippen molar-refractivity contribution in [3.8, 4) is 0 Å². The molecule has 0 saturated carbocycles. The minimum atomic E-state index is 0.707. The maximum atomic E-state index is 6.28. The molecule has 3 rings (SSSR count). The van der Waals surface area contributed by atoms with Gasteiger partial charge in [-0.1, -0.05) is 24.6 Å². The minimum Gasteiger partial charge on any atom is -0.308 e. The molecule has 0 spiro atoms. The van der Waals surface area contributed by atoms with Gasteiger partial charge in [-0.15, -0.1) is 0 Å². The molecule has 0 amide bonds. The van der Waals surface area contributed by atoms with Crippen molar-refractivity contribution in [2.24, 2.45) is 7.05 Å². The number of nitrogens with zero attached hydrogens (tertiary/aromatic N) is 4. The van der Waals surface area contributed by atoms with Crippen LogP contribution in [0.5, 0.6) is 0 Å². The van der Waals surface area contributed by atoms with Crippen LogP contribution in [-0.4, -0.2) is 18.5 Å². The zero-order valence-electron chi connectivity index (χ0n) is 11.9. The van der Waals surface area contributed by atoms with Crippen molar-refractivity contribution in [3.63, 3.8) is 0 Å². The average molecular weight is 322 g/mol. The Kier molecular flexibility index (Phi) is 4.19. The number of hydrogen-bond donors (Lipinski definition) is 1. The Balaban J connectivity index is 1.68. The minimum absolute atomic E-state index is 0.707. The highest BCUT2D eigenvalue weighted by atomic mass is 35.5. The molecule has 0 radical (unpaired) electrons. The lowest BCUT2D eigenvalue weighted by atomic mass is 10.2. The molecule has 7 heteroatoms. The average Bonchev–Trinajstić information content (AvgIpc) is 3.05. The summed E-state index contributed by atoms with van der Waals surface area (Å²) in [4.78, 5) is 0. The van der Waals surface area contributed by atoms with E-state index in [0.29, 0.717) is 11.7 Å². The highest BCUT2D eigenvalue weighted by molar-refractivity contribution is 7.00. The van der Waals surface area contributed by atoms with Crippen molar-refractivity contribution in [1.29, 1.82) is 0 Å². The first kappa shape index (κ1) is 14.4. The molecule has 5 nitrogen and oxygen atoms in total. The number of rotatable bonds is 5. The summed E-state index contributed by atoms with van der Waals surface area (Å²) >= 11 is 7.52. The second-order valence-electron chi connectivity index (χ2n) is 4.88. The molecule has 0 unspecified atom stereocenters. The normalized spacial score (nSPS) is 11.4. The number of nitrogens with one attached hydrogen (secondary N) is 1. The molecular formula is C14H16ClN5S. The lowest BCUT2D eigenvalue weighted by Gasteiger charge is -2.05. The SMILES string of the molecule is CCc1nn(C)c(Cl)c1CNCc1ccc2nsnc2c1. The third-order valence-corrected chi connectivity index (χ3v) is 4.47. The van der Waals surface area contributed by atoms with Crippen LogP contribution in [0.25, 0.3) is 11.0 Å². The first-order chi connectivity index (χ1) is 10.2. The van der Waals surface area contributed by atoms with Crippen LogP contribution >= 0.6 is 23.3 Å². The van der Waals surface area contributed by atoms with E-state index in [1.165, 1.54) is 17.3 Å². The second-order valence-corrected chi connectivity index (χ2v) is 5.77. The van der Waals surface area contributed by atoms with Gasteiger partial charge in [0.05, 0.1) is 17.4 Å². The van der Waals surface area contributed by atoms with Crippen LogP contribution in [0.2, 0.25) is 5.15 Å². The van der Waals surface area contributed by atoms with Crippen LogP contribution in [0.3, 0.4) is 0 Å². The van der Waals surface area contributed by atoms with Gasteiger partial charge in [0.1, 0.15) is 16.2 Å². The number of fused-ring (bicyclic) bond motifs is 1. The van der Waals surface area contributed by atoms with Crippen LogP contribution in [-0.2, 0) is 26.6 Å². The van der Waals surface area contributed by atoms with Gasteiger partial charge in [0, 0.05) is 25.7 Å². The van der Waals surface area contributed by atoms with Gasteiger partial charge < -0.3 is 5.32 Å². The fourth-order valence-corrected chi connectivity index (χ4v) is 3.06. The van der Waals surface area contributed by atoms with E-state index >= 15 is 0 Å². The summed E-state index contributed by atoms with van der Waals surface area (Å²) in [5.41, 5.74) is 5.22. The van der Waals surface area contributed by atoms with Gasteiger partial charge in [-0.2, -0.15) is 13.8 Å². The third kappa shape index (κ3) is 2.92. The van der Waals surface area contributed by atoms with E-state index < -0.39 is 0 Å². The van der Waals surface area contributed by atoms with E-state index in [1.807, 2.05) is 13.1 Å². The smallest absolute Gasteiger partial charge is 0.131 e. The monoisotopic (exact) mass is 321 g/mol. The first-order valence-corrected chi connectivity index (χ1v) is 7.92. The number of halogens is 1. The lowest BCUT2D eigenvalue weighted by Crippen LogP contribution is -2.13. The Bertz CT molecular complexity index is 764. The number of aromatic nitrogens is 4. The Hall–Kier alpha value is -1.50. The van der Waals surface area contributed by atoms with E-state index in [1.54, 1.807) is 4.68 Å². The number of benzene rings is 1. The molecular weight excluding hydrogens is 306 g/mol. The Labute approximate surface area is 132 Å². The molecule has 0 aliphatic rings. The lowest BCUT2D eigenvalue weighted by molar-refractivity contribution is 0.689. The molecule has 0 aliphatic carbocycles. The Morgan fingerprint density at radius 1 is 1.24 bits per heavy atom. The van der Waals surface area contributed by atoms with Gasteiger partial charge >= 0.3 is 0 Å². The second kappa shape index (κ2) is 6.09. The molecule has 0 saturated heterocycles. The topological polar surface area (TPSA) is 55.6 Å². The Morgan fingerprint density at radius 2 is 2.05 bits per heavy atom. The molecule has 1 N–H and O–H groups in total. The summed E-state index contributed by atoms with van der Waals surface area (Å²) in [5.74, 6) is 0. The van der Waals surface area contributed by atoms with Crippen LogP contribution < -0.4 is 5.32 Å². The molecule has 0 aliphatic heterocycles. The van der Waals surface area contributed by atoms with Crippen molar-refractivity contribution in [1.82, 2.24) is 23.8 Å². The Morgan fingerprint density at radius 3 is 2.86 bits per heavy atom. The molecule has 0 fully saturated rings. The quantitative estimate of drug-likeness (QED) is 0.785. The molecule has 21 heavy (non-hydrogen) atoms. The zero-order chi connectivity index (χ0) is 14.8. The van der Waals surface area contributed by atoms with Crippen molar-refractivity contribution in [3.05, 3.63) is 40.2 Å². The van der Waals surface area contributed by atoms with Gasteiger partial charge in [-0.05, 0) is 24.1 Å². The van der Waals surface area contributed by atoms with Gasteiger partial charge in [0.25, 0.3) is 0 Å². The maximum Gasteiger partial charge on any atom is 0.131 e. The van der Waals surface area contributed by atoms with Crippen molar-refractivity contribution in [2.75, 3.05) is 0 Å². The molecule has 1 aromatic carbocycles. The fourth-order valence-electron chi connectivity index (χ4n) is 2.33. The summed E-state index contributed by atoms with van der Waals surface area (Å²) in [6, 6.07) is 6.14. The van der Waals surface area contributed by atoms with E-state index in [-0.39, 0.29) is 0 Å². The number of aryl methyl sites for hydroxylation is 2. The van der Waals surface area contributed by atoms with Gasteiger partial charge in [0.15, 0.2) is 0 Å². The van der Waals surface area contributed by atoms with Gasteiger partial charge in [-0.25, -0.2) is 0 Å². The largest absolute Gasteiger partial charge is 0.308 e. The van der Waals surface area contributed by atoms with E-state index in [9.17, 15) is 0 Å². The fraction of sp³-hybridized carbons (Fsp3) is 0.357. The molecule has 3 aromatic rings. The molecule has 2 aromatic heterocycles. The van der Waals surface area contributed by atoms with Crippen molar-refractivity contribution >= 4 is 34.4 Å². The van der Waals surface area contributed by atoms with Crippen LogP contribution in [0.15, 0.2) is 18.2 Å². The van der Waals surface area contributed by atoms with Gasteiger partial charge in [-0.3, -0.25) is 4.68 Å². The number of hydrogen-bond acceptors (Lipinski definition) is 5. The summed E-state index contributed by atoms with van der Waals surface area (Å²) in [6.45, 7) is 3.57. The van der Waals surface area contributed by atoms with Crippen molar-refractivity contribution in [2.45, 2.75) is 26.4 Å². The highest BCUT2D eigenvalue weighted by Gasteiger charge is 2.12. The van der Waals surface area contributed by atoms with Crippen molar-refractivity contribution < 1.29 is 0 Å². The molecule has 0 bridgehead atoms. The van der Waals surface area contributed by atoms with Crippen LogP contribution in [0, 0.1) is 0 Å². The first-order valence-electron chi connectivity index (χ1n) is 6.81. The summed E-state index contributed by atoms with van der Waals surface area (Å²) in [6.07, 6.45) is 0.883. The maximum absolute atomic E-state index is 6.28. The molecule has 2 heterocycles. The standard InChI is InChI=1S/C14H16ClN5S/c1-3-11-10(14(15)20(2)17-11)8-16-7-9-4-5-12-13(6-9)19-21-18-12/h4-6,16H,3,7-8H2,1-2H3. The summed E-state index contributed by atoms with van der Waals surface area (Å²) in [5, 5.41) is 8.54. The predicted molar refractivity (Wildman–Crippen MR) is 85.6 cm³/mol.